The van der Waals surface area contributed by atoms with Crippen molar-refractivity contribution in [1.29, 1.82) is 0 Å². The average molecular weight is 469 g/mol. The summed E-state index contributed by atoms with van der Waals surface area (Å²) in [6.45, 7) is 4.76. The lowest BCUT2D eigenvalue weighted by Crippen LogP contribution is -2.43. The number of aryl methyl sites for hydroxylation is 2. The summed E-state index contributed by atoms with van der Waals surface area (Å²) in [7, 11) is -3.71. The van der Waals surface area contributed by atoms with Gasteiger partial charge < -0.3 is 9.84 Å². The van der Waals surface area contributed by atoms with Gasteiger partial charge in [0.05, 0.1) is 4.90 Å². The summed E-state index contributed by atoms with van der Waals surface area (Å²) in [5.41, 5.74) is 2.28. The number of carbonyl (C=O) groups is 1. The maximum atomic E-state index is 13.4. The second-order valence-electron chi connectivity index (χ2n) is 8.23. The molecule has 1 N–H and O–H groups in total. The van der Waals surface area contributed by atoms with Crippen LogP contribution in [0.1, 0.15) is 36.8 Å². The maximum absolute atomic E-state index is 13.4. The third-order valence-electron chi connectivity index (χ3n) is 5.97. The normalized spacial score (nSPS) is 15.5. The fourth-order valence-electron chi connectivity index (χ4n) is 3.96. The average Bonchev–Trinajstić information content (AvgIpc) is 3.33. The predicted molar refractivity (Wildman–Crippen MR) is 124 cm³/mol. The van der Waals surface area contributed by atoms with Crippen molar-refractivity contribution in [2.24, 2.45) is 5.92 Å². The molecule has 0 atom stereocenters. The Kier molecular flexibility index (Phi) is 6.90. The molecule has 2 aromatic carbocycles. The number of nitrogens with zero attached hydrogens (tertiary/aromatic N) is 3. The highest BCUT2D eigenvalue weighted by Gasteiger charge is 2.33. The molecule has 1 saturated heterocycles. The van der Waals surface area contributed by atoms with Crippen LogP contribution in [0.5, 0.6) is 0 Å². The minimum Gasteiger partial charge on any atom is -0.352 e. The molecule has 1 aliphatic heterocycles. The predicted octanol–water partition coefficient (Wildman–Crippen LogP) is 3.32. The molecule has 174 valence electrons. The molecule has 0 radical (unpaired) electrons. The van der Waals surface area contributed by atoms with Gasteiger partial charge in [-0.15, -0.1) is 0 Å². The first-order valence-electron chi connectivity index (χ1n) is 11.1. The van der Waals surface area contributed by atoms with Crippen LogP contribution in [0.25, 0.3) is 11.4 Å². The fourth-order valence-corrected chi connectivity index (χ4v) is 5.68. The number of hydrogen-bond donors (Lipinski definition) is 1. The van der Waals surface area contributed by atoms with Crippen molar-refractivity contribution in [3.8, 4) is 11.4 Å². The van der Waals surface area contributed by atoms with E-state index in [0.717, 1.165) is 5.56 Å². The van der Waals surface area contributed by atoms with Crippen LogP contribution >= 0.6 is 0 Å². The molecule has 4 rings (SSSR count). The van der Waals surface area contributed by atoms with Gasteiger partial charge in [0.1, 0.15) is 0 Å². The first-order chi connectivity index (χ1) is 15.9. The molecular weight excluding hydrogens is 440 g/mol. The summed E-state index contributed by atoms with van der Waals surface area (Å²) < 4.78 is 33.4. The van der Waals surface area contributed by atoms with Crippen molar-refractivity contribution in [3.05, 3.63) is 65.5 Å². The molecule has 0 aliphatic carbocycles. The van der Waals surface area contributed by atoms with Crippen LogP contribution in [0.15, 0.2) is 57.9 Å². The van der Waals surface area contributed by atoms with Crippen LogP contribution in [-0.2, 0) is 27.8 Å². The molecule has 0 saturated carbocycles. The first kappa shape index (κ1) is 23.1. The molecule has 1 amide bonds. The zero-order valence-corrected chi connectivity index (χ0v) is 19.6. The summed E-state index contributed by atoms with van der Waals surface area (Å²) in [6, 6.07) is 14.9. The van der Waals surface area contributed by atoms with Crippen LogP contribution in [0, 0.1) is 12.8 Å². The van der Waals surface area contributed by atoms with Crippen molar-refractivity contribution in [3.63, 3.8) is 0 Å². The Bertz CT molecular complexity index is 1220. The van der Waals surface area contributed by atoms with Gasteiger partial charge in [-0.1, -0.05) is 54.5 Å². The van der Waals surface area contributed by atoms with E-state index in [9.17, 15) is 13.2 Å². The number of piperidine rings is 1. The van der Waals surface area contributed by atoms with Gasteiger partial charge in [-0.2, -0.15) is 9.29 Å². The molecule has 0 spiro atoms. The lowest BCUT2D eigenvalue weighted by molar-refractivity contribution is -0.126. The molecule has 1 aliphatic rings. The smallest absolute Gasteiger partial charge is 0.243 e. The van der Waals surface area contributed by atoms with E-state index in [1.54, 1.807) is 25.1 Å². The largest absolute Gasteiger partial charge is 0.352 e. The number of nitrogens with one attached hydrogen (secondary N) is 1. The number of hydrogen-bond acceptors (Lipinski definition) is 6. The first-order valence-corrected chi connectivity index (χ1v) is 12.6. The number of benzene rings is 2. The second-order valence-corrected chi connectivity index (χ2v) is 10.1. The van der Waals surface area contributed by atoms with Crippen LogP contribution in [-0.4, -0.2) is 41.9 Å². The van der Waals surface area contributed by atoms with E-state index in [1.807, 2.05) is 37.3 Å². The SMILES string of the molecule is CCc1nc(-c2ccc(C)c(S(=O)(=O)N3CCC(C(=O)NCc4ccccc4)CC3)c2)no1. The molecule has 3 aromatic rings. The molecule has 2 heterocycles. The quantitative estimate of drug-likeness (QED) is 0.570. The summed E-state index contributed by atoms with van der Waals surface area (Å²) in [4.78, 5) is 17.1. The Morgan fingerprint density at radius 2 is 1.88 bits per heavy atom. The number of rotatable bonds is 7. The molecule has 0 unspecified atom stereocenters. The second kappa shape index (κ2) is 9.84. The standard InChI is InChI=1S/C24H28N4O4S/c1-3-22-26-23(27-32-22)20-10-9-17(2)21(15-20)33(30,31)28-13-11-19(12-14-28)24(29)25-16-18-7-5-4-6-8-18/h4-10,15,19H,3,11-14,16H2,1-2H3,(H,25,29). The van der Waals surface area contributed by atoms with Gasteiger partial charge in [-0.25, -0.2) is 8.42 Å². The number of amides is 1. The third-order valence-corrected chi connectivity index (χ3v) is 8.01. The third kappa shape index (κ3) is 5.15. The van der Waals surface area contributed by atoms with Crippen molar-refractivity contribution in [1.82, 2.24) is 19.8 Å². The summed E-state index contributed by atoms with van der Waals surface area (Å²) >= 11 is 0. The van der Waals surface area contributed by atoms with Crippen LogP contribution in [0.3, 0.4) is 0 Å². The Balaban J connectivity index is 1.42. The van der Waals surface area contributed by atoms with Crippen molar-refractivity contribution in [2.75, 3.05) is 13.1 Å². The van der Waals surface area contributed by atoms with Crippen LogP contribution in [0.2, 0.25) is 0 Å². The Morgan fingerprint density at radius 3 is 2.55 bits per heavy atom. The molecular formula is C24H28N4O4S. The van der Waals surface area contributed by atoms with E-state index >= 15 is 0 Å². The lowest BCUT2D eigenvalue weighted by Gasteiger charge is -2.31. The highest BCUT2D eigenvalue weighted by atomic mass is 32.2. The van der Waals surface area contributed by atoms with Gasteiger partial charge in [-0.3, -0.25) is 4.79 Å². The fraction of sp³-hybridized carbons (Fsp3) is 0.375. The highest BCUT2D eigenvalue weighted by Crippen LogP contribution is 2.29. The minimum atomic E-state index is -3.71. The molecule has 9 heteroatoms. The highest BCUT2D eigenvalue weighted by molar-refractivity contribution is 7.89. The zero-order chi connectivity index (χ0) is 23.4. The summed E-state index contributed by atoms with van der Waals surface area (Å²) in [5.74, 6) is 0.650. The maximum Gasteiger partial charge on any atom is 0.243 e. The van der Waals surface area contributed by atoms with Crippen molar-refractivity contribution >= 4 is 15.9 Å². The van der Waals surface area contributed by atoms with Gasteiger partial charge in [-0.05, 0) is 37.0 Å². The molecule has 0 bridgehead atoms. The molecule has 8 nitrogen and oxygen atoms in total. The summed E-state index contributed by atoms with van der Waals surface area (Å²) in [6.07, 6.45) is 1.59. The Labute approximate surface area is 194 Å². The Morgan fingerprint density at radius 1 is 1.15 bits per heavy atom. The summed E-state index contributed by atoms with van der Waals surface area (Å²) in [5, 5.41) is 6.92. The van der Waals surface area contributed by atoms with Crippen molar-refractivity contribution in [2.45, 2.75) is 44.6 Å². The van der Waals surface area contributed by atoms with Crippen LogP contribution < -0.4 is 5.32 Å². The molecule has 1 fully saturated rings. The number of carbonyl (C=O) groups excluding carboxylic acids is 1. The van der Waals surface area contributed by atoms with Crippen LogP contribution in [0.4, 0.5) is 0 Å². The van der Waals surface area contributed by atoms with E-state index in [4.69, 9.17) is 4.52 Å². The van der Waals surface area contributed by atoms with Gasteiger partial charge >= 0.3 is 0 Å². The van der Waals surface area contributed by atoms with Crippen molar-refractivity contribution < 1.29 is 17.7 Å². The van der Waals surface area contributed by atoms with E-state index in [2.05, 4.69) is 15.5 Å². The van der Waals surface area contributed by atoms with E-state index in [0.29, 0.717) is 61.7 Å². The van der Waals surface area contributed by atoms with Gasteiger partial charge in [0.2, 0.25) is 27.6 Å². The molecule has 1 aromatic heterocycles. The van der Waals surface area contributed by atoms with Gasteiger partial charge in [0.25, 0.3) is 0 Å². The lowest BCUT2D eigenvalue weighted by atomic mass is 9.97. The molecule has 33 heavy (non-hydrogen) atoms. The monoisotopic (exact) mass is 468 g/mol. The topological polar surface area (TPSA) is 105 Å². The Hall–Kier alpha value is -3.04. The van der Waals surface area contributed by atoms with E-state index in [-0.39, 0.29) is 16.7 Å². The number of sulfonamides is 1. The minimum absolute atomic E-state index is 0.0297. The van der Waals surface area contributed by atoms with E-state index < -0.39 is 10.0 Å². The zero-order valence-electron chi connectivity index (χ0n) is 18.8. The number of aromatic nitrogens is 2. The van der Waals surface area contributed by atoms with Gasteiger partial charge in [0, 0.05) is 37.5 Å². The van der Waals surface area contributed by atoms with Gasteiger partial charge in [0.15, 0.2) is 0 Å². The van der Waals surface area contributed by atoms with E-state index in [1.165, 1.54) is 4.31 Å².